The van der Waals surface area contributed by atoms with Crippen LogP contribution in [0.1, 0.15) is 12.5 Å². The van der Waals surface area contributed by atoms with Crippen LogP contribution in [0.5, 0.6) is 0 Å². The first-order valence-corrected chi connectivity index (χ1v) is 8.33. The van der Waals surface area contributed by atoms with Crippen molar-refractivity contribution >= 4 is 21.6 Å². The van der Waals surface area contributed by atoms with Crippen molar-refractivity contribution in [1.29, 1.82) is 0 Å². The van der Waals surface area contributed by atoms with Crippen LogP contribution in [-0.2, 0) is 21.3 Å². The van der Waals surface area contributed by atoms with Gasteiger partial charge in [-0.3, -0.25) is 0 Å². The SMILES string of the molecule is CCOCCN(C)S(=O)(=O)c1cc(F)c(Cl)c(CNC)c1. The summed E-state index contributed by atoms with van der Waals surface area (Å²) in [6, 6.07) is 2.32. The average Bonchev–Trinajstić information content (AvgIpc) is 2.43. The Morgan fingerprint density at radius 2 is 2.10 bits per heavy atom. The first-order valence-electron chi connectivity index (χ1n) is 6.51. The Morgan fingerprint density at radius 3 is 2.67 bits per heavy atom. The van der Waals surface area contributed by atoms with Gasteiger partial charge in [-0.05, 0) is 31.7 Å². The number of rotatable bonds is 8. The van der Waals surface area contributed by atoms with Crippen molar-refractivity contribution in [2.45, 2.75) is 18.4 Å². The van der Waals surface area contributed by atoms with Crippen molar-refractivity contribution in [2.75, 3.05) is 33.9 Å². The molecule has 0 radical (unpaired) electrons. The molecule has 1 N–H and O–H groups in total. The number of halogens is 2. The summed E-state index contributed by atoms with van der Waals surface area (Å²) in [5.41, 5.74) is 0.399. The fourth-order valence-corrected chi connectivity index (χ4v) is 3.12. The Morgan fingerprint density at radius 1 is 1.43 bits per heavy atom. The van der Waals surface area contributed by atoms with Gasteiger partial charge in [0.2, 0.25) is 10.0 Å². The molecular formula is C13H20ClFN2O3S. The van der Waals surface area contributed by atoms with Crippen LogP contribution in [-0.4, -0.2) is 46.6 Å². The van der Waals surface area contributed by atoms with Crippen molar-refractivity contribution < 1.29 is 17.5 Å². The highest BCUT2D eigenvalue weighted by atomic mass is 35.5. The summed E-state index contributed by atoms with van der Waals surface area (Å²) in [5.74, 6) is -0.749. The average molecular weight is 339 g/mol. The summed E-state index contributed by atoms with van der Waals surface area (Å²) in [6.07, 6.45) is 0. The van der Waals surface area contributed by atoms with Gasteiger partial charge in [0.05, 0.1) is 16.5 Å². The lowest BCUT2D eigenvalue weighted by Gasteiger charge is -2.18. The van der Waals surface area contributed by atoms with E-state index in [-0.39, 0.29) is 29.6 Å². The van der Waals surface area contributed by atoms with E-state index in [1.54, 1.807) is 7.05 Å². The largest absolute Gasteiger partial charge is 0.380 e. The molecule has 1 aromatic carbocycles. The van der Waals surface area contributed by atoms with Gasteiger partial charge in [0.25, 0.3) is 0 Å². The summed E-state index contributed by atoms with van der Waals surface area (Å²) >= 11 is 5.83. The molecule has 0 unspecified atom stereocenters. The van der Waals surface area contributed by atoms with Gasteiger partial charge in [-0.2, -0.15) is 4.31 Å². The third-order valence-electron chi connectivity index (χ3n) is 2.91. The number of sulfonamides is 1. The lowest BCUT2D eigenvalue weighted by Crippen LogP contribution is -2.30. The van der Waals surface area contributed by atoms with Gasteiger partial charge >= 0.3 is 0 Å². The monoisotopic (exact) mass is 338 g/mol. The third kappa shape index (κ3) is 4.62. The molecule has 0 aliphatic carbocycles. The molecule has 8 heteroatoms. The smallest absolute Gasteiger partial charge is 0.243 e. The molecule has 0 fully saturated rings. The number of ether oxygens (including phenoxy) is 1. The number of hydrogen-bond donors (Lipinski definition) is 1. The standard InChI is InChI=1S/C13H20ClFN2O3S/c1-4-20-6-5-17(3)21(18,19)11-7-10(9-16-2)13(14)12(15)8-11/h7-8,16H,4-6,9H2,1-3H3. The molecule has 21 heavy (non-hydrogen) atoms. The Hall–Kier alpha value is -0.730. The molecule has 0 amide bonds. The Kier molecular flexibility index (Phi) is 7.02. The fourth-order valence-electron chi connectivity index (χ4n) is 1.72. The second kappa shape index (κ2) is 8.05. The molecule has 5 nitrogen and oxygen atoms in total. The lowest BCUT2D eigenvalue weighted by atomic mass is 10.2. The Bertz CT molecular complexity index is 581. The van der Waals surface area contributed by atoms with E-state index in [2.05, 4.69) is 5.32 Å². The molecule has 0 aliphatic heterocycles. The van der Waals surface area contributed by atoms with Gasteiger partial charge in [-0.25, -0.2) is 12.8 Å². The minimum Gasteiger partial charge on any atom is -0.380 e. The minimum absolute atomic E-state index is 0.0692. The van der Waals surface area contributed by atoms with Crippen LogP contribution in [0.4, 0.5) is 4.39 Å². The number of nitrogens with zero attached hydrogens (tertiary/aromatic N) is 1. The third-order valence-corrected chi connectivity index (χ3v) is 5.17. The highest BCUT2D eigenvalue weighted by Gasteiger charge is 2.23. The van der Waals surface area contributed by atoms with E-state index in [4.69, 9.17) is 16.3 Å². The molecule has 0 atom stereocenters. The van der Waals surface area contributed by atoms with Crippen LogP contribution in [0.25, 0.3) is 0 Å². The van der Waals surface area contributed by atoms with Gasteiger partial charge in [0.15, 0.2) is 0 Å². The van der Waals surface area contributed by atoms with E-state index in [1.807, 2.05) is 6.92 Å². The number of hydrogen-bond acceptors (Lipinski definition) is 4. The van der Waals surface area contributed by atoms with Gasteiger partial charge in [-0.15, -0.1) is 0 Å². The molecule has 1 rings (SSSR count). The van der Waals surface area contributed by atoms with Crippen LogP contribution in [0, 0.1) is 5.82 Å². The highest BCUT2D eigenvalue weighted by molar-refractivity contribution is 7.89. The van der Waals surface area contributed by atoms with Crippen molar-refractivity contribution in [3.05, 3.63) is 28.5 Å². The summed E-state index contributed by atoms with van der Waals surface area (Å²) < 4.78 is 44.8. The Labute approximate surface area is 130 Å². The second-order valence-electron chi connectivity index (χ2n) is 4.43. The molecule has 1 aromatic rings. The second-order valence-corrected chi connectivity index (χ2v) is 6.85. The zero-order valence-electron chi connectivity index (χ0n) is 12.3. The quantitative estimate of drug-likeness (QED) is 0.735. The number of likely N-dealkylation sites (N-methyl/N-ethyl adjacent to an activating group) is 1. The van der Waals surface area contributed by atoms with Gasteiger partial charge < -0.3 is 10.1 Å². The molecule has 0 spiro atoms. The molecule has 0 aliphatic rings. The topological polar surface area (TPSA) is 58.6 Å². The first-order chi connectivity index (χ1) is 9.84. The summed E-state index contributed by atoms with van der Waals surface area (Å²) in [5, 5.41) is 2.75. The van der Waals surface area contributed by atoms with E-state index in [9.17, 15) is 12.8 Å². The normalized spacial score (nSPS) is 12.1. The predicted molar refractivity (Wildman–Crippen MR) is 80.5 cm³/mol. The van der Waals surface area contributed by atoms with E-state index < -0.39 is 15.8 Å². The molecule has 120 valence electrons. The molecule has 0 saturated heterocycles. The maximum Gasteiger partial charge on any atom is 0.243 e. The summed E-state index contributed by atoms with van der Waals surface area (Å²) in [4.78, 5) is -0.117. The van der Waals surface area contributed by atoms with Crippen LogP contribution in [0.3, 0.4) is 0 Å². The van der Waals surface area contributed by atoms with E-state index in [1.165, 1.54) is 13.1 Å². The van der Waals surface area contributed by atoms with Crippen molar-refractivity contribution in [3.8, 4) is 0 Å². The zero-order chi connectivity index (χ0) is 16.0. The van der Waals surface area contributed by atoms with Crippen molar-refractivity contribution in [1.82, 2.24) is 9.62 Å². The van der Waals surface area contributed by atoms with Crippen LogP contribution < -0.4 is 5.32 Å². The predicted octanol–water partition coefficient (Wildman–Crippen LogP) is 1.86. The molecule has 0 saturated carbocycles. The van der Waals surface area contributed by atoms with E-state index in [0.29, 0.717) is 12.2 Å². The molecule has 0 bridgehead atoms. The molecular weight excluding hydrogens is 319 g/mol. The summed E-state index contributed by atoms with van der Waals surface area (Å²) in [6.45, 7) is 3.10. The van der Waals surface area contributed by atoms with Crippen molar-refractivity contribution in [2.24, 2.45) is 0 Å². The van der Waals surface area contributed by atoms with Crippen LogP contribution >= 0.6 is 11.6 Å². The minimum atomic E-state index is -3.77. The Balaban J connectivity index is 3.07. The number of nitrogens with one attached hydrogen (secondary N) is 1. The number of benzene rings is 1. The maximum absolute atomic E-state index is 13.8. The first kappa shape index (κ1) is 18.3. The van der Waals surface area contributed by atoms with E-state index in [0.717, 1.165) is 10.4 Å². The lowest BCUT2D eigenvalue weighted by molar-refractivity contribution is 0.138. The highest BCUT2D eigenvalue weighted by Crippen LogP contribution is 2.25. The maximum atomic E-state index is 13.8. The molecule has 0 heterocycles. The summed E-state index contributed by atoms with van der Waals surface area (Å²) in [7, 11) is -0.673. The fraction of sp³-hybridized carbons (Fsp3) is 0.538. The van der Waals surface area contributed by atoms with Crippen LogP contribution in [0.15, 0.2) is 17.0 Å². The van der Waals surface area contributed by atoms with Gasteiger partial charge in [0, 0.05) is 26.7 Å². The van der Waals surface area contributed by atoms with Crippen molar-refractivity contribution in [3.63, 3.8) is 0 Å². The van der Waals surface area contributed by atoms with Gasteiger partial charge in [0.1, 0.15) is 5.82 Å². The van der Waals surface area contributed by atoms with Gasteiger partial charge in [-0.1, -0.05) is 11.6 Å². The molecule has 0 aromatic heterocycles. The zero-order valence-corrected chi connectivity index (χ0v) is 13.9. The van der Waals surface area contributed by atoms with E-state index >= 15 is 0 Å². The van der Waals surface area contributed by atoms with Crippen LogP contribution in [0.2, 0.25) is 5.02 Å².